The van der Waals surface area contributed by atoms with Crippen LogP contribution >= 0.6 is 0 Å². The van der Waals surface area contributed by atoms with Gasteiger partial charge < -0.3 is 14.2 Å². The van der Waals surface area contributed by atoms with E-state index in [2.05, 4.69) is 94.2 Å². The van der Waals surface area contributed by atoms with Crippen LogP contribution < -0.4 is 9.64 Å². The highest BCUT2D eigenvalue weighted by Gasteiger charge is 2.25. The zero-order chi connectivity index (χ0) is 33.4. The number of fused-ring (bicyclic) bond motifs is 1. The minimum atomic E-state index is -0.470. The summed E-state index contributed by atoms with van der Waals surface area (Å²) in [5.41, 5.74) is 11.9. The van der Waals surface area contributed by atoms with Crippen LogP contribution in [0.3, 0.4) is 0 Å². The van der Waals surface area contributed by atoms with E-state index in [-0.39, 0.29) is 6.04 Å². The molecule has 3 aromatic heterocycles. The Bertz CT molecular complexity index is 1670. The fraction of sp³-hybridized carbons (Fsp3) is 0.436. The molecule has 0 radical (unpaired) electrons. The van der Waals surface area contributed by atoms with Crippen molar-refractivity contribution in [3.8, 4) is 17.1 Å². The predicted molar refractivity (Wildman–Crippen MR) is 196 cm³/mol. The van der Waals surface area contributed by atoms with Crippen LogP contribution in [0.25, 0.3) is 22.3 Å². The van der Waals surface area contributed by atoms with Crippen LogP contribution in [0, 0.1) is 6.92 Å². The van der Waals surface area contributed by atoms with Crippen molar-refractivity contribution in [2.75, 3.05) is 24.7 Å². The van der Waals surface area contributed by atoms with E-state index in [1.165, 1.54) is 22.4 Å². The van der Waals surface area contributed by atoms with Crippen molar-refractivity contribution >= 4 is 24.6 Å². The molecule has 46 heavy (non-hydrogen) atoms. The molecule has 0 N–H and O–H groups in total. The Labute approximate surface area is 277 Å². The second-order valence-corrected chi connectivity index (χ2v) is 12.6. The molecule has 0 aliphatic rings. The molecule has 5 nitrogen and oxygen atoms in total. The summed E-state index contributed by atoms with van der Waals surface area (Å²) in [7, 11) is 2.11. The monoisotopic (exact) mass is 622 g/mol. The Balaban J connectivity index is 2.01. The number of rotatable bonds is 15. The summed E-state index contributed by atoms with van der Waals surface area (Å²) < 4.78 is 22.4. The number of anilines is 1. The van der Waals surface area contributed by atoms with Gasteiger partial charge in [0.15, 0.2) is 0 Å². The quantitative estimate of drug-likeness (QED) is 0.0979. The average Bonchev–Trinajstić information content (AvgIpc) is 3.35. The average molecular weight is 623 g/mol. The molecule has 0 spiro atoms. The highest BCUT2D eigenvalue weighted by Crippen LogP contribution is 2.40. The highest BCUT2D eigenvalue weighted by molar-refractivity contribution is 6.22. The van der Waals surface area contributed by atoms with Gasteiger partial charge in [-0.15, -0.1) is 0 Å². The number of ether oxygens (including phenoxy) is 1. The maximum Gasteiger partial charge on any atom is 0.222 e. The molecule has 4 rings (SSSR count). The predicted octanol–water partition coefficient (Wildman–Crippen LogP) is 9.29. The molecule has 0 saturated carbocycles. The van der Waals surface area contributed by atoms with Gasteiger partial charge in [0, 0.05) is 31.0 Å². The van der Waals surface area contributed by atoms with Gasteiger partial charge in [-0.25, -0.2) is 14.4 Å². The number of hydrogen-bond donors (Lipinski definition) is 0. The zero-order valence-corrected chi connectivity index (χ0v) is 29.5. The summed E-state index contributed by atoms with van der Waals surface area (Å²) in [5, 5.41) is 0. The smallest absolute Gasteiger partial charge is 0.222 e. The lowest BCUT2D eigenvalue weighted by Gasteiger charge is -2.29. The summed E-state index contributed by atoms with van der Waals surface area (Å²) in [4.78, 5) is 12.3. The van der Waals surface area contributed by atoms with E-state index in [9.17, 15) is 4.39 Å². The number of hydrogen-bond acceptors (Lipinski definition) is 4. The number of nitrogens with zero attached hydrogens (tertiary/aromatic N) is 4. The second-order valence-electron chi connectivity index (χ2n) is 12.6. The molecule has 0 bridgehead atoms. The molecule has 1 unspecified atom stereocenters. The number of halogens is 1. The fourth-order valence-electron chi connectivity index (χ4n) is 6.41. The molecule has 1 atom stereocenters. The normalized spacial score (nSPS) is 13.1. The summed E-state index contributed by atoms with van der Waals surface area (Å²) in [5.74, 6) is 1.10. The first-order valence-electron chi connectivity index (χ1n) is 17.1. The van der Waals surface area contributed by atoms with Crippen LogP contribution in [0.15, 0.2) is 71.9 Å². The van der Waals surface area contributed by atoms with E-state index in [1.54, 1.807) is 6.20 Å². The Morgan fingerprint density at radius 3 is 2.43 bits per heavy atom. The minimum absolute atomic E-state index is 0.244. The first-order valence-corrected chi connectivity index (χ1v) is 17.1. The van der Waals surface area contributed by atoms with Crippen molar-refractivity contribution in [1.82, 2.24) is 14.5 Å². The maximum atomic E-state index is 14.0. The zero-order valence-electron chi connectivity index (χ0n) is 29.5. The van der Waals surface area contributed by atoms with E-state index >= 15 is 0 Å². The molecule has 7 heteroatoms. The molecule has 0 fully saturated rings. The number of alkyl halides is 1. The van der Waals surface area contributed by atoms with Crippen molar-refractivity contribution < 1.29 is 9.13 Å². The van der Waals surface area contributed by atoms with Crippen LogP contribution in [0.1, 0.15) is 95.7 Å². The summed E-state index contributed by atoms with van der Waals surface area (Å²) in [6, 6.07) is 15.5. The topological polar surface area (TPSA) is 43.2 Å². The summed E-state index contributed by atoms with van der Waals surface area (Å²) in [6.07, 6.45) is 8.57. The Morgan fingerprint density at radius 1 is 1.09 bits per heavy atom. The van der Waals surface area contributed by atoms with Crippen LogP contribution in [0.5, 0.6) is 5.88 Å². The Hall–Kier alpha value is -3.87. The third-order valence-corrected chi connectivity index (χ3v) is 8.84. The molecule has 0 amide bonds. The first kappa shape index (κ1) is 35.0. The fourth-order valence-corrected chi connectivity index (χ4v) is 6.41. The lowest BCUT2D eigenvalue weighted by Crippen LogP contribution is -2.26. The van der Waals surface area contributed by atoms with Crippen molar-refractivity contribution in [3.05, 3.63) is 94.2 Å². The molecule has 0 aliphatic carbocycles. The third kappa shape index (κ3) is 7.74. The summed E-state index contributed by atoms with van der Waals surface area (Å²) in [6.45, 7) is 18.8. The van der Waals surface area contributed by atoms with Crippen LogP contribution in [0.2, 0.25) is 0 Å². The number of benzene rings is 1. The second kappa shape index (κ2) is 16.1. The summed E-state index contributed by atoms with van der Waals surface area (Å²) >= 11 is 0. The van der Waals surface area contributed by atoms with E-state index in [0.717, 1.165) is 58.3 Å². The van der Waals surface area contributed by atoms with Crippen molar-refractivity contribution in [3.63, 3.8) is 0 Å². The van der Waals surface area contributed by atoms with Gasteiger partial charge >= 0.3 is 0 Å². The largest absolute Gasteiger partial charge is 0.477 e. The van der Waals surface area contributed by atoms with Gasteiger partial charge in [0.05, 0.1) is 34.6 Å². The molecule has 3 heterocycles. The third-order valence-electron chi connectivity index (χ3n) is 8.84. The number of pyridine rings is 2. The van der Waals surface area contributed by atoms with Gasteiger partial charge in [0.2, 0.25) is 5.88 Å². The number of aromatic nitrogens is 3. The Morgan fingerprint density at radius 2 is 1.83 bits per heavy atom. The van der Waals surface area contributed by atoms with E-state index in [1.807, 2.05) is 38.1 Å². The number of aryl methyl sites for hydroxylation is 1. The van der Waals surface area contributed by atoms with Gasteiger partial charge in [-0.05, 0) is 93.3 Å². The van der Waals surface area contributed by atoms with Gasteiger partial charge in [0.1, 0.15) is 14.5 Å². The van der Waals surface area contributed by atoms with Crippen LogP contribution in [-0.4, -0.2) is 42.2 Å². The Kier molecular flexibility index (Phi) is 12.3. The SMILES string of the molecule is B/C(=C\C(=C\CC)CF)CN(Cc1ccc(C(C)CC)cc1)c1cc(-c2cccnc2OCC)nc2c(C)c(CC)n(C(C)C)c12. The lowest BCUT2D eigenvalue weighted by atomic mass is 9.92. The van der Waals surface area contributed by atoms with Crippen molar-refractivity contribution in [2.45, 2.75) is 93.2 Å². The molecule has 4 aromatic rings. The van der Waals surface area contributed by atoms with Crippen LogP contribution in [-0.2, 0) is 13.0 Å². The molecule has 1 aromatic carbocycles. The van der Waals surface area contributed by atoms with E-state index in [0.29, 0.717) is 31.5 Å². The van der Waals surface area contributed by atoms with E-state index in [4.69, 9.17) is 9.72 Å². The van der Waals surface area contributed by atoms with Crippen LogP contribution in [0.4, 0.5) is 10.1 Å². The molecule has 244 valence electrons. The highest BCUT2D eigenvalue weighted by atomic mass is 19.1. The molecule has 0 saturated heterocycles. The van der Waals surface area contributed by atoms with Gasteiger partial charge in [-0.1, -0.05) is 69.6 Å². The molecule has 0 aliphatic heterocycles. The first-order chi connectivity index (χ1) is 22.2. The number of allylic oxidation sites excluding steroid dienone is 3. The minimum Gasteiger partial charge on any atom is -0.477 e. The lowest BCUT2D eigenvalue weighted by molar-refractivity contribution is 0.328. The standard InChI is InChI=1S/C39H52BFN4O/c1-9-14-30(23-41)21-32(40)25-44(24-29-16-18-31(19-17-29)27(7)10-2)36-22-34(33-15-13-20-42-39(33)46-12-4)43-37-28(8)35(11-3)45(26(5)6)38(36)37/h13-22,26-27H,9-12,23-25,40H2,1-8H3/b30-14-,32-21-. The van der Waals surface area contributed by atoms with Gasteiger partial charge in [-0.2, -0.15) is 0 Å². The molecular weight excluding hydrogens is 570 g/mol. The maximum absolute atomic E-state index is 14.0. The molecular formula is C39H52BFN4O. The van der Waals surface area contributed by atoms with Gasteiger partial charge in [-0.3, -0.25) is 0 Å². The van der Waals surface area contributed by atoms with Crippen molar-refractivity contribution in [1.29, 1.82) is 0 Å². The van der Waals surface area contributed by atoms with Crippen molar-refractivity contribution in [2.24, 2.45) is 0 Å². The van der Waals surface area contributed by atoms with E-state index < -0.39 is 6.67 Å². The van der Waals surface area contributed by atoms with Gasteiger partial charge in [0.25, 0.3) is 0 Å².